The van der Waals surface area contributed by atoms with Crippen molar-refractivity contribution in [3.05, 3.63) is 215 Å². The fourth-order valence-electron chi connectivity index (χ4n) is 11.5. The van der Waals surface area contributed by atoms with E-state index in [4.69, 9.17) is 33.2 Å². The first-order chi connectivity index (χ1) is 45.9. The van der Waals surface area contributed by atoms with E-state index in [1.165, 1.54) is 19.4 Å². The Kier molecular flexibility index (Phi) is 24.4. The van der Waals surface area contributed by atoms with Gasteiger partial charge in [0.25, 0.3) is 0 Å². The number of Topliss-reactive ketones (excluding diaryl/α,β-unsaturated/α-hetero) is 2. The van der Waals surface area contributed by atoms with Gasteiger partial charge in [0, 0.05) is 118 Å². The summed E-state index contributed by atoms with van der Waals surface area (Å²) < 4.78 is 93.2. The molecular formula is C75H75Br4F4N5O9. The van der Waals surface area contributed by atoms with Crippen LogP contribution < -0.4 is 15.8 Å². The molecule has 0 spiro atoms. The number of nitrogens with two attached hydrogens (primary N) is 1. The minimum Gasteiger partial charge on any atom is -0.485 e. The van der Waals surface area contributed by atoms with E-state index in [9.17, 15) is 23.2 Å². The fourth-order valence-corrected chi connectivity index (χ4v) is 12.9. The molecule has 4 unspecified atom stereocenters. The van der Waals surface area contributed by atoms with Crippen LogP contribution in [-0.2, 0) is 41.8 Å². The minimum atomic E-state index is -1.64. The van der Waals surface area contributed by atoms with Gasteiger partial charge in [0.15, 0.2) is 6.61 Å². The molecule has 6 aromatic carbocycles. The molecule has 0 radical (unpaired) electrons. The van der Waals surface area contributed by atoms with Gasteiger partial charge in [0.1, 0.15) is 68.6 Å². The summed E-state index contributed by atoms with van der Waals surface area (Å²) in [5.74, 6) is -1.68. The van der Waals surface area contributed by atoms with E-state index in [0.717, 1.165) is 128 Å². The molecule has 22 heteroatoms. The summed E-state index contributed by atoms with van der Waals surface area (Å²) in [6, 6.07) is 30.2. The Labute approximate surface area is 593 Å². The van der Waals surface area contributed by atoms with Crippen molar-refractivity contribution in [3.8, 4) is 16.9 Å². The maximum Gasteiger partial charge on any atom is 0.328 e. The summed E-state index contributed by atoms with van der Waals surface area (Å²) in [6.45, 7) is 16.8. The third kappa shape index (κ3) is 19.5. The number of hydrogen-bond acceptors (Lipinski definition) is 12. The van der Waals surface area contributed by atoms with Gasteiger partial charge in [-0.15, -0.1) is 0 Å². The van der Waals surface area contributed by atoms with E-state index in [1.807, 2.05) is 98.4 Å². The van der Waals surface area contributed by atoms with Crippen molar-refractivity contribution in [3.63, 3.8) is 0 Å². The zero-order valence-corrected chi connectivity index (χ0v) is 61.3. The number of hydrogen-bond donors (Lipinski definition) is 3. The first-order valence-corrected chi connectivity index (χ1v) is 34.6. The second-order valence-electron chi connectivity index (χ2n) is 25.5. The number of rotatable bonds is 16. The van der Waals surface area contributed by atoms with Crippen LogP contribution >= 0.6 is 63.7 Å². The molecule has 97 heavy (non-hydrogen) atoms. The first-order valence-electron chi connectivity index (χ1n) is 31.4. The molecule has 4 N–H and O–H groups in total. The van der Waals surface area contributed by atoms with E-state index in [2.05, 4.69) is 93.2 Å². The second kappa shape index (κ2) is 32.0. The van der Waals surface area contributed by atoms with Crippen molar-refractivity contribution in [2.24, 2.45) is 5.73 Å². The number of ether oxygens (including phenoxy) is 1. The third-order valence-electron chi connectivity index (χ3n) is 15.9. The Morgan fingerprint density at radius 3 is 1.82 bits per heavy atom. The van der Waals surface area contributed by atoms with Crippen LogP contribution in [0.15, 0.2) is 176 Å². The maximum atomic E-state index is 15.6. The normalized spacial score (nSPS) is 15.2. The Morgan fingerprint density at radius 1 is 0.742 bits per heavy atom. The Morgan fingerprint density at radius 2 is 1.29 bits per heavy atom. The zero-order valence-electron chi connectivity index (χ0n) is 55.0. The lowest BCUT2D eigenvalue weighted by molar-refractivity contribution is -0.131. The quantitative estimate of drug-likeness (QED) is 0.0612. The summed E-state index contributed by atoms with van der Waals surface area (Å²) in [6.07, 6.45) is 13.5. The predicted molar refractivity (Wildman–Crippen MR) is 387 cm³/mol. The summed E-state index contributed by atoms with van der Waals surface area (Å²) in [5, 5.41) is 20.6. The number of halogens is 8. The molecule has 0 amide bonds. The van der Waals surface area contributed by atoms with Gasteiger partial charge in [0.05, 0.1) is 30.5 Å². The summed E-state index contributed by atoms with van der Waals surface area (Å²) >= 11 is 13.6. The number of nitrogens with one attached hydrogen (secondary N) is 1. The molecule has 7 heterocycles. The van der Waals surface area contributed by atoms with Crippen molar-refractivity contribution in [1.82, 2.24) is 20.0 Å². The molecule has 11 aromatic rings. The Hall–Kier alpha value is -7.44. The van der Waals surface area contributed by atoms with E-state index in [-0.39, 0.29) is 54.0 Å². The molecule has 0 aliphatic carbocycles. The van der Waals surface area contributed by atoms with E-state index >= 15 is 8.78 Å². The monoisotopic (exact) mass is 1580 g/mol. The average molecular weight is 1590 g/mol. The largest absolute Gasteiger partial charge is 0.485 e. The molecule has 0 fully saturated rings. The van der Waals surface area contributed by atoms with E-state index in [1.54, 1.807) is 62.8 Å². The number of aryl methyl sites for hydroxylation is 1. The van der Waals surface area contributed by atoms with E-state index in [0.29, 0.717) is 42.0 Å². The second-order valence-corrected chi connectivity index (χ2v) is 29.1. The molecule has 13 rings (SSSR count). The van der Waals surface area contributed by atoms with Crippen LogP contribution in [0.2, 0.25) is 0 Å². The minimum absolute atomic E-state index is 0.0568. The number of fused-ring (bicyclic) bond motifs is 7. The smallest absolute Gasteiger partial charge is 0.328 e. The topological polar surface area (TPSA) is 192 Å². The van der Waals surface area contributed by atoms with Crippen molar-refractivity contribution in [2.75, 3.05) is 19.7 Å². The van der Waals surface area contributed by atoms with Crippen molar-refractivity contribution >= 4 is 131 Å². The number of nitrogens with zero attached hydrogens (tertiary/aromatic N) is 3. The molecule has 0 saturated carbocycles. The highest BCUT2D eigenvalue weighted by atomic mass is 79.9. The number of aliphatic carboxylic acids is 1. The van der Waals surface area contributed by atoms with Gasteiger partial charge in [-0.1, -0.05) is 69.8 Å². The molecule has 0 saturated heterocycles. The Balaban J connectivity index is 0.000000157. The number of carboxylic acids is 1. The number of carboxylic acid groups (broad SMARTS) is 1. The number of benzene rings is 6. The number of ketones is 2. The van der Waals surface area contributed by atoms with Gasteiger partial charge in [0.2, 0.25) is 5.78 Å². The highest BCUT2D eigenvalue weighted by Crippen LogP contribution is 2.46. The average Bonchev–Trinajstić information content (AvgIpc) is 1.65. The lowest BCUT2D eigenvalue weighted by Gasteiger charge is -2.42. The molecule has 5 aromatic heterocycles. The standard InChI is InChI=1S/C30H30F3N3O3.C15H19BrFNO.C11H12BrNO.C11H9BrO2.C8H5BrO2/c1-5-35-15-20(14-34-35)19-7-8-25-21(13-19)22-10-17(2)36(16-30(3,4)33)28(29(22)39-25)27-23(31)11-18(12-24(27)32)6-9-26(37)38;1-10(18-9-15(2,3)17)6-11-8-19-14-5-4-12(16)7-13(11)14;2*1-7(13)4-8-6-14-11-3-2-9(12)5-10(8)11;9-5-1-2-8-6(3-5)7(10)4-11-8/h6-9,11-15,17,28H,5,10,16H2,1-4H3,(H,37,38);4-5,7-8,10,18H,6,9H2,1-3H3;2-3,5-7H,4,13H2,1H3;2-3,5-6H,4H2,1H3;1-3H,4H2/b9-6+;;;;. The van der Waals surface area contributed by atoms with Crippen LogP contribution in [0.4, 0.5) is 17.6 Å². The maximum absolute atomic E-state index is 15.6. The van der Waals surface area contributed by atoms with Gasteiger partial charge in [-0.05, 0) is 207 Å². The van der Waals surface area contributed by atoms with Gasteiger partial charge in [-0.25, -0.2) is 22.4 Å². The fraction of sp³-hybridized carbons (Fsp3) is 0.307. The predicted octanol–water partition coefficient (Wildman–Crippen LogP) is 19.7. The molecular weight excluding hydrogens is 1510 g/mol. The number of alkyl halides is 2. The SMILES string of the molecule is CC(=O)Cc1coc2ccc(Br)cc12.CC(Cc1coc2ccc(Br)cc12)NCC(C)(C)F.CC(N)Cc1coc2ccc(Br)cc12.CCn1cc(-c2ccc3oc4c(c3c2)CC(C)N(CC(C)(C)F)C4c2c(F)cc(/C=C/C(=O)O)cc2F)cn1.O=C1COc2ccc(Br)cc21. The van der Waals surface area contributed by atoms with Gasteiger partial charge in [-0.2, -0.15) is 5.10 Å². The van der Waals surface area contributed by atoms with Crippen LogP contribution in [-0.4, -0.2) is 86.5 Å². The molecule has 2 aliphatic rings. The van der Waals surface area contributed by atoms with Crippen LogP contribution in [0.5, 0.6) is 5.75 Å². The number of carbonyl (C=O) groups excluding carboxylic acids is 2. The van der Waals surface area contributed by atoms with Crippen molar-refractivity contribution in [2.45, 2.75) is 130 Å². The first kappa shape index (κ1) is 73.8. The number of aromatic nitrogens is 2. The third-order valence-corrected chi connectivity index (χ3v) is 17.9. The summed E-state index contributed by atoms with van der Waals surface area (Å²) in [7, 11) is 0. The van der Waals surface area contributed by atoms with Crippen LogP contribution in [0.25, 0.3) is 61.1 Å². The van der Waals surface area contributed by atoms with Crippen LogP contribution in [0.3, 0.4) is 0 Å². The van der Waals surface area contributed by atoms with Gasteiger partial charge >= 0.3 is 5.97 Å². The number of carbonyl (C=O) groups is 3. The molecule has 510 valence electrons. The highest BCUT2D eigenvalue weighted by molar-refractivity contribution is 9.11. The van der Waals surface area contributed by atoms with Gasteiger partial charge in [-0.3, -0.25) is 19.2 Å². The van der Waals surface area contributed by atoms with E-state index < -0.39 is 35.0 Å². The molecule has 2 aliphatic heterocycles. The van der Waals surface area contributed by atoms with Crippen LogP contribution in [0.1, 0.15) is 118 Å². The lowest BCUT2D eigenvalue weighted by atomic mass is 9.87. The zero-order chi connectivity index (χ0) is 70.2. The van der Waals surface area contributed by atoms with Crippen molar-refractivity contribution < 1.29 is 59.5 Å². The number of furan rings is 4. The lowest BCUT2D eigenvalue weighted by Crippen LogP contribution is -2.48. The Bertz CT molecular complexity index is 4630. The van der Waals surface area contributed by atoms with Crippen LogP contribution in [0, 0.1) is 11.6 Å². The summed E-state index contributed by atoms with van der Waals surface area (Å²) in [4.78, 5) is 34.7. The molecule has 4 atom stereocenters. The summed E-state index contributed by atoms with van der Waals surface area (Å²) in [5.41, 5.74) is 12.6. The highest BCUT2D eigenvalue weighted by Gasteiger charge is 2.42. The van der Waals surface area contributed by atoms with Gasteiger partial charge < -0.3 is 38.6 Å². The molecule has 14 nitrogen and oxygen atoms in total. The molecule has 0 bridgehead atoms. The van der Waals surface area contributed by atoms with Crippen molar-refractivity contribution in [1.29, 1.82) is 0 Å².